The molecule has 102 valence electrons. The van der Waals surface area contributed by atoms with E-state index in [1.54, 1.807) is 11.8 Å². The molecule has 0 bridgehead atoms. The van der Waals surface area contributed by atoms with Gasteiger partial charge in [0.2, 0.25) is 0 Å². The summed E-state index contributed by atoms with van der Waals surface area (Å²) in [6, 6.07) is 4.07. The van der Waals surface area contributed by atoms with Crippen LogP contribution in [-0.4, -0.2) is 26.3 Å². The predicted octanol–water partition coefficient (Wildman–Crippen LogP) is 2.17. The van der Waals surface area contributed by atoms with Gasteiger partial charge in [-0.15, -0.1) is 10.2 Å². The van der Waals surface area contributed by atoms with Crippen LogP contribution in [0, 0.1) is 6.92 Å². The summed E-state index contributed by atoms with van der Waals surface area (Å²) in [5.41, 5.74) is 1.20. The molecular weight excluding hydrogens is 258 g/mol. The van der Waals surface area contributed by atoms with Crippen LogP contribution >= 0.6 is 11.8 Å². The molecule has 2 heterocycles. The molecule has 2 rings (SSSR count). The quantitative estimate of drug-likeness (QED) is 0.820. The maximum absolute atomic E-state index is 4.44. The molecule has 5 nitrogen and oxygen atoms in total. The second-order valence-electron chi connectivity index (χ2n) is 4.34. The zero-order valence-electron chi connectivity index (χ0n) is 11.6. The van der Waals surface area contributed by atoms with Crippen molar-refractivity contribution in [2.24, 2.45) is 7.05 Å². The highest BCUT2D eigenvalue weighted by Crippen LogP contribution is 2.26. The molecule has 1 N–H and O–H groups in total. The average molecular weight is 277 g/mol. The molecule has 0 atom stereocenters. The normalized spacial score (nSPS) is 10.9. The smallest absolute Gasteiger partial charge is 0.197 e. The van der Waals surface area contributed by atoms with E-state index < -0.39 is 0 Å². The number of nitrogens with zero attached hydrogens (tertiary/aromatic N) is 4. The maximum atomic E-state index is 4.44. The van der Waals surface area contributed by atoms with Crippen molar-refractivity contribution in [1.82, 2.24) is 25.1 Å². The standard InChI is InChI=1S/C13H19N5S/c1-4-7-14-9-11-6-5-8-15-12(11)19-13-17-16-10(2)18(13)3/h5-6,8,14H,4,7,9H2,1-3H3. The van der Waals surface area contributed by atoms with E-state index in [9.17, 15) is 0 Å². The van der Waals surface area contributed by atoms with Gasteiger partial charge in [-0.2, -0.15) is 0 Å². The zero-order valence-corrected chi connectivity index (χ0v) is 12.4. The first-order valence-corrected chi connectivity index (χ1v) is 7.22. The van der Waals surface area contributed by atoms with E-state index in [1.165, 1.54) is 5.56 Å². The molecule has 0 saturated heterocycles. The third-order valence-electron chi connectivity index (χ3n) is 2.83. The number of rotatable bonds is 6. The molecule has 0 radical (unpaired) electrons. The highest BCUT2D eigenvalue weighted by Gasteiger charge is 2.10. The van der Waals surface area contributed by atoms with Crippen molar-refractivity contribution in [3.05, 3.63) is 29.7 Å². The minimum Gasteiger partial charge on any atom is -0.313 e. The highest BCUT2D eigenvalue weighted by molar-refractivity contribution is 7.99. The van der Waals surface area contributed by atoms with Gasteiger partial charge in [0.25, 0.3) is 0 Å². The van der Waals surface area contributed by atoms with Crippen LogP contribution in [0.15, 0.2) is 28.5 Å². The van der Waals surface area contributed by atoms with E-state index >= 15 is 0 Å². The first-order valence-electron chi connectivity index (χ1n) is 6.40. The van der Waals surface area contributed by atoms with E-state index in [-0.39, 0.29) is 0 Å². The van der Waals surface area contributed by atoms with Crippen molar-refractivity contribution in [1.29, 1.82) is 0 Å². The lowest BCUT2D eigenvalue weighted by molar-refractivity contribution is 0.664. The van der Waals surface area contributed by atoms with Crippen molar-refractivity contribution in [2.45, 2.75) is 37.0 Å². The Morgan fingerprint density at radius 2 is 2.21 bits per heavy atom. The average Bonchev–Trinajstić information content (AvgIpc) is 2.73. The lowest BCUT2D eigenvalue weighted by atomic mass is 10.3. The third kappa shape index (κ3) is 3.54. The van der Waals surface area contributed by atoms with Gasteiger partial charge in [0.1, 0.15) is 10.9 Å². The Kier molecular flexibility index (Phi) is 4.93. The predicted molar refractivity (Wildman–Crippen MR) is 76.1 cm³/mol. The fraction of sp³-hybridized carbons (Fsp3) is 0.462. The zero-order chi connectivity index (χ0) is 13.7. The van der Waals surface area contributed by atoms with Crippen LogP contribution in [0.25, 0.3) is 0 Å². The second kappa shape index (κ2) is 6.68. The molecule has 0 spiro atoms. The molecule has 0 amide bonds. The van der Waals surface area contributed by atoms with E-state index in [1.807, 2.05) is 30.8 Å². The van der Waals surface area contributed by atoms with Gasteiger partial charge in [0, 0.05) is 19.8 Å². The number of pyridine rings is 1. The topological polar surface area (TPSA) is 55.6 Å². The number of hydrogen-bond donors (Lipinski definition) is 1. The molecule has 2 aromatic rings. The molecule has 0 aromatic carbocycles. The van der Waals surface area contributed by atoms with Crippen LogP contribution in [0.3, 0.4) is 0 Å². The summed E-state index contributed by atoms with van der Waals surface area (Å²) in [6.07, 6.45) is 2.94. The molecule has 0 aliphatic rings. The molecule has 0 saturated carbocycles. The highest BCUT2D eigenvalue weighted by atomic mass is 32.2. The lowest BCUT2D eigenvalue weighted by Gasteiger charge is -2.08. The van der Waals surface area contributed by atoms with Gasteiger partial charge in [-0.25, -0.2) is 4.98 Å². The molecular formula is C13H19N5S. The Labute approximate surface area is 117 Å². The van der Waals surface area contributed by atoms with Crippen molar-refractivity contribution in [3.8, 4) is 0 Å². The molecule has 2 aromatic heterocycles. The van der Waals surface area contributed by atoms with Crippen LogP contribution in [-0.2, 0) is 13.6 Å². The van der Waals surface area contributed by atoms with Crippen molar-refractivity contribution < 1.29 is 0 Å². The first-order chi connectivity index (χ1) is 9.22. The minimum atomic E-state index is 0.834. The minimum absolute atomic E-state index is 0.834. The van der Waals surface area contributed by atoms with Gasteiger partial charge in [-0.1, -0.05) is 13.0 Å². The van der Waals surface area contributed by atoms with E-state index in [4.69, 9.17) is 0 Å². The lowest BCUT2D eigenvalue weighted by Crippen LogP contribution is -2.14. The van der Waals surface area contributed by atoms with Crippen LogP contribution in [0.4, 0.5) is 0 Å². The fourth-order valence-corrected chi connectivity index (χ4v) is 2.52. The van der Waals surface area contributed by atoms with Gasteiger partial charge in [-0.05, 0) is 43.3 Å². The monoisotopic (exact) mass is 277 g/mol. The van der Waals surface area contributed by atoms with Crippen LogP contribution < -0.4 is 5.32 Å². The molecule has 19 heavy (non-hydrogen) atoms. The maximum Gasteiger partial charge on any atom is 0.197 e. The van der Waals surface area contributed by atoms with E-state index in [0.717, 1.165) is 35.5 Å². The Morgan fingerprint density at radius 1 is 1.37 bits per heavy atom. The summed E-state index contributed by atoms with van der Waals surface area (Å²) in [4.78, 5) is 4.44. The summed E-state index contributed by atoms with van der Waals surface area (Å²) in [5.74, 6) is 0.907. The fourth-order valence-electron chi connectivity index (χ4n) is 1.61. The van der Waals surface area contributed by atoms with Gasteiger partial charge in [-0.3, -0.25) is 0 Å². The summed E-state index contributed by atoms with van der Waals surface area (Å²) in [7, 11) is 1.97. The van der Waals surface area contributed by atoms with Crippen LogP contribution in [0.1, 0.15) is 24.7 Å². The van der Waals surface area contributed by atoms with Crippen molar-refractivity contribution in [3.63, 3.8) is 0 Å². The number of aryl methyl sites for hydroxylation is 1. The van der Waals surface area contributed by atoms with Crippen molar-refractivity contribution in [2.75, 3.05) is 6.54 Å². The summed E-state index contributed by atoms with van der Waals surface area (Å²) >= 11 is 1.56. The van der Waals surface area contributed by atoms with Gasteiger partial charge < -0.3 is 9.88 Å². The largest absolute Gasteiger partial charge is 0.313 e. The van der Waals surface area contributed by atoms with Crippen LogP contribution in [0.5, 0.6) is 0 Å². The number of nitrogens with one attached hydrogen (secondary N) is 1. The molecule has 0 aliphatic heterocycles. The Morgan fingerprint density at radius 3 is 2.89 bits per heavy atom. The molecule has 0 aliphatic carbocycles. The number of aromatic nitrogens is 4. The van der Waals surface area contributed by atoms with Gasteiger partial charge >= 0.3 is 0 Å². The SMILES string of the molecule is CCCNCc1cccnc1Sc1nnc(C)n1C. The summed E-state index contributed by atoms with van der Waals surface area (Å²) < 4.78 is 1.97. The molecule has 0 fully saturated rings. The third-order valence-corrected chi connectivity index (χ3v) is 3.93. The van der Waals surface area contributed by atoms with E-state index in [2.05, 4.69) is 33.5 Å². The Balaban J connectivity index is 2.13. The second-order valence-corrected chi connectivity index (χ2v) is 5.29. The Bertz CT molecular complexity index is 538. The molecule has 0 unspecified atom stereocenters. The number of hydrogen-bond acceptors (Lipinski definition) is 5. The first kappa shape index (κ1) is 14.0. The van der Waals surface area contributed by atoms with E-state index in [0.29, 0.717) is 0 Å². The van der Waals surface area contributed by atoms with Gasteiger partial charge in [0.05, 0.1) is 0 Å². The van der Waals surface area contributed by atoms with Crippen LogP contribution in [0.2, 0.25) is 0 Å². The summed E-state index contributed by atoms with van der Waals surface area (Å²) in [5, 5.41) is 13.5. The Hall–Kier alpha value is -1.40. The van der Waals surface area contributed by atoms with Crippen molar-refractivity contribution >= 4 is 11.8 Å². The molecule has 6 heteroatoms. The van der Waals surface area contributed by atoms with Gasteiger partial charge in [0.15, 0.2) is 5.16 Å². The summed E-state index contributed by atoms with van der Waals surface area (Å²) in [6.45, 7) is 5.95.